The van der Waals surface area contributed by atoms with E-state index in [4.69, 9.17) is 9.47 Å². The number of nitrogens with zero attached hydrogens (tertiary/aromatic N) is 1. The number of aliphatic hydroxyl groups is 1. The molecule has 3 N–H and O–H groups in total. The van der Waals surface area contributed by atoms with Crippen LogP contribution in [0.15, 0.2) is 72.8 Å². The third kappa shape index (κ3) is 8.39. The minimum atomic E-state index is -0.852. The first-order chi connectivity index (χ1) is 19.9. The molecule has 0 unspecified atom stereocenters. The molecule has 1 aliphatic rings. The standard InChI is InChI=1S/C33H41N3O5/c1-23-15-26(19-27(16-23)33(39)36-14-8-12-28(36)22-40-2)32(38)35-30(18-24-9-5-4-6-10-24)31(37)21-34-20-25-11-7-13-29(17-25)41-3/h4-7,9-11,13,15-17,19,28,30-31,34,37H,8,12,14,18,20-22H2,1-3H3,(H,35,38)/t28-,30+,31+/m1/s1. The van der Waals surface area contributed by atoms with Gasteiger partial charge < -0.3 is 30.1 Å². The highest BCUT2D eigenvalue weighted by molar-refractivity contribution is 6.00. The highest BCUT2D eigenvalue weighted by Gasteiger charge is 2.30. The Labute approximate surface area is 242 Å². The average molecular weight is 560 g/mol. The molecule has 8 nitrogen and oxygen atoms in total. The number of rotatable bonds is 13. The maximum atomic E-state index is 13.5. The van der Waals surface area contributed by atoms with E-state index in [1.54, 1.807) is 26.4 Å². The zero-order valence-electron chi connectivity index (χ0n) is 24.1. The van der Waals surface area contributed by atoms with Crippen LogP contribution in [0.5, 0.6) is 5.75 Å². The Kier molecular flexibility index (Phi) is 10.9. The number of carbonyl (C=O) groups excluding carboxylic acids is 2. The summed E-state index contributed by atoms with van der Waals surface area (Å²) in [5.74, 6) is 0.351. The third-order valence-electron chi connectivity index (χ3n) is 7.48. The Bertz CT molecular complexity index is 1300. The van der Waals surface area contributed by atoms with E-state index in [0.29, 0.717) is 37.2 Å². The van der Waals surface area contributed by atoms with E-state index in [1.165, 1.54) is 0 Å². The van der Waals surface area contributed by atoms with Gasteiger partial charge in [0.25, 0.3) is 11.8 Å². The van der Waals surface area contributed by atoms with Gasteiger partial charge in [-0.05, 0) is 73.2 Å². The highest BCUT2D eigenvalue weighted by Crippen LogP contribution is 2.22. The van der Waals surface area contributed by atoms with E-state index >= 15 is 0 Å². The van der Waals surface area contributed by atoms with Crippen LogP contribution in [0.1, 0.15) is 50.2 Å². The second-order valence-corrected chi connectivity index (χ2v) is 10.7. The van der Waals surface area contributed by atoms with Crippen LogP contribution in [0.2, 0.25) is 0 Å². The molecule has 3 aromatic rings. The number of nitrogens with one attached hydrogen (secondary N) is 2. The van der Waals surface area contributed by atoms with Crippen molar-refractivity contribution >= 4 is 11.8 Å². The number of likely N-dealkylation sites (tertiary alicyclic amines) is 1. The second kappa shape index (κ2) is 14.8. The molecule has 4 rings (SSSR count). The fraction of sp³-hybridized carbons (Fsp3) is 0.394. The van der Waals surface area contributed by atoms with Gasteiger partial charge >= 0.3 is 0 Å². The molecule has 3 aromatic carbocycles. The summed E-state index contributed by atoms with van der Waals surface area (Å²) >= 11 is 0. The fourth-order valence-electron chi connectivity index (χ4n) is 5.36. The van der Waals surface area contributed by atoms with Crippen molar-refractivity contribution in [3.63, 3.8) is 0 Å². The molecule has 2 amide bonds. The van der Waals surface area contributed by atoms with Gasteiger partial charge in [0.15, 0.2) is 0 Å². The molecule has 0 bridgehead atoms. The molecule has 8 heteroatoms. The molecule has 0 radical (unpaired) electrons. The zero-order chi connectivity index (χ0) is 29.2. The number of ether oxygens (including phenoxy) is 2. The van der Waals surface area contributed by atoms with Crippen molar-refractivity contribution in [2.24, 2.45) is 0 Å². The summed E-state index contributed by atoms with van der Waals surface area (Å²) in [6.45, 7) is 3.88. The Morgan fingerprint density at radius 1 is 1.00 bits per heavy atom. The van der Waals surface area contributed by atoms with Crippen molar-refractivity contribution in [3.05, 3.63) is 101 Å². The molecule has 1 heterocycles. The molecule has 3 atom stereocenters. The lowest BCUT2D eigenvalue weighted by atomic mass is 9.99. The number of benzene rings is 3. The van der Waals surface area contributed by atoms with E-state index in [-0.39, 0.29) is 24.4 Å². The Morgan fingerprint density at radius 3 is 2.51 bits per heavy atom. The molecule has 0 aliphatic carbocycles. The van der Waals surface area contributed by atoms with Gasteiger partial charge in [-0.25, -0.2) is 0 Å². The van der Waals surface area contributed by atoms with Gasteiger partial charge in [-0.1, -0.05) is 42.5 Å². The van der Waals surface area contributed by atoms with Crippen molar-refractivity contribution in [3.8, 4) is 5.75 Å². The molecule has 1 saturated heterocycles. The molecule has 0 saturated carbocycles. The van der Waals surface area contributed by atoms with Gasteiger partial charge in [0, 0.05) is 37.9 Å². The molecular weight excluding hydrogens is 518 g/mol. The van der Waals surface area contributed by atoms with Crippen molar-refractivity contribution < 1.29 is 24.2 Å². The van der Waals surface area contributed by atoms with Crippen molar-refractivity contribution in [1.29, 1.82) is 0 Å². The molecule has 41 heavy (non-hydrogen) atoms. The monoisotopic (exact) mass is 559 g/mol. The molecular formula is C33H41N3O5. The summed E-state index contributed by atoms with van der Waals surface area (Å²) in [7, 11) is 3.27. The van der Waals surface area contributed by atoms with Crippen LogP contribution < -0.4 is 15.4 Å². The Morgan fingerprint density at radius 2 is 1.76 bits per heavy atom. The SMILES string of the molecule is COC[C@H]1CCCN1C(=O)c1cc(C)cc(C(=O)N[C@@H](Cc2ccccc2)[C@@H](O)CNCc2cccc(OC)c2)c1. The third-order valence-corrected chi connectivity index (χ3v) is 7.48. The maximum Gasteiger partial charge on any atom is 0.254 e. The van der Waals surface area contributed by atoms with Crippen LogP contribution in [0.25, 0.3) is 0 Å². The highest BCUT2D eigenvalue weighted by atomic mass is 16.5. The van der Waals surface area contributed by atoms with Crippen LogP contribution >= 0.6 is 0 Å². The molecule has 1 fully saturated rings. The van der Waals surface area contributed by atoms with Gasteiger partial charge in [0.2, 0.25) is 0 Å². The van der Waals surface area contributed by atoms with Gasteiger partial charge in [0.05, 0.1) is 31.9 Å². The minimum absolute atomic E-state index is 0.0418. The summed E-state index contributed by atoms with van der Waals surface area (Å²) in [6.07, 6.45) is 1.45. The summed E-state index contributed by atoms with van der Waals surface area (Å²) in [5, 5.41) is 17.5. The number of aryl methyl sites for hydroxylation is 1. The van der Waals surface area contributed by atoms with Gasteiger partial charge in [-0.15, -0.1) is 0 Å². The molecule has 1 aliphatic heterocycles. The lowest BCUT2D eigenvalue weighted by molar-refractivity contribution is 0.0630. The molecule has 0 aromatic heterocycles. The topological polar surface area (TPSA) is 100 Å². The van der Waals surface area contributed by atoms with E-state index < -0.39 is 12.1 Å². The van der Waals surface area contributed by atoms with Gasteiger partial charge in [-0.2, -0.15) is 0 Å². The van der Waals surface area contributed by atoms with E-state index in [1.807, 2.05) is 72.5 Å². The number of carbonyl (C=O) groups is 2. The predicted octanol–water partition coefficient (Wildman–Crippen LogP) is 3.75. The van der Waals surface area contributed by atoms with Gasteiger partial charge in [-0.3, -0.25) is 9.59 Å². The summed E-state index contributed by atoms with van der Waals surface area (Å²) in [6, 6.07) is 22.3. The summed E-state index contributed by atoms with van der Waals surface area (Å²) in [4.78, 5) is 28.8. The van der Waals surface area contributed by atoms with E-state index in [9.17, 15) is 14.7 Å². The van der Waals surface area contributed by atoms with Crippen molar-refractivity contribution in [2.45, 2.75) is 50.9 Å². The first kappa shape index (κ1) is 30.2. The molecule has 0 spiro atoms. The number of methoxy groups -OCH3 is 2. The first-order valence-corrected chi connectivity index (χ1v) is 14.2. The first-order valence-electron chi connectivity index (χ1n) is 14.2. The second-order valence-electron chi connectivity index (χ2n) is 10.7. The number of aliphatic hydroxyl groups excluding tert-OH is 1. The largest absolute Gasteiger partial charge is 0.497 e. The number of hydrogen-bond donors (Lipinski definition) is 3. The van der Waals surface area contributed by atoms with Crippen LogP contribution in [0, 0.1) is 6.92 Å². The minimum Gasteiger partial charge on any atom is -0.497 e. The van der Waals surface area contributed by atoms with Crippen molar-refractivity contribution in [2.75, 3.05) is 33.9 Å². The van der Waals surface area contributed by atoms with Crippen LogP contribution in [-0.4, -0.2) is 73.9 Å². The average Bonchev–Trinajstić information content (AvgIpc) is 3.45. The van der Waals surface area contributed by atoms with E-state index in [0.717, 1.165) is 35.3 Å². The smallest absolute Gasteiger partial charge is 0.254 e. The van der Waals surface area contributed by atoms with Gasteiger partial charge in [0.1, 0.15) is 5.75 Å². The normalized spacial score (nSPS) is 16.3. The van der Waals surface area contributed by atoms with Crippen LogP contribution in [-0.2, 0) is 17.7 Å². The Hall–Kier alpha value is -3.72. The number of amides is 2. The quantitative estimate of drug-likeness (QED) is 0.295. The van der Waals surface area contributed by atoms with Crippen LogP contribution in [0.3, 0.4) is 0 Å². The molecule has 218 valence electrons. The maximum absolute atomic E-state index is 13.5. The summed E-state index contributed by atoms with van der Waals surface area (Å²) in [5.41, 5.74) is 3.73. The lowest BCUT2D eigenvalue weighted by Gasteiger charge is -2.26. The fourth-order valence-corrected chi connectivity index (χ4v) is 5.36. The van der Waals surface area contributed by atoms with E-state index in [2.05, 4.69) is 10.6 Å². The number of hydrogen-bond acceptors (Lipinski definition) is 6. The van der Waals surface area contributed by atoms with Crippen LogP contribution in [0.4, 0.5) is 0 Å². The Balaban J connectivity index is 1.47. The van der Waals surface area contributed by atoms with Crippen molar-refractivity contribution in [1.82, 2.24) is 15.5 Å². The zero-order valence-corrected chi connectivity index (χ0v) is 24.1. The predicted molar refractivity (Wildman–Crippen MR) is 159 cm³/mol. The summed E-state index contributed by atoms with van der Waals surface area (Å²) < 4.78 is 10.6. The lowest BCUT2D eigenvalue weighted by Crippen LogP contribution is -2.48.